The molecule has 23 heavy (non-hydrogen) atoms. The van der Waals surface area contributed by atoms with E-state index in [1.165, 1.54) is 6.20 Å². The van der Waals surface area contributed by atoms with E-state index in [2.05, 4.69) is 15.3 Å². The van der Waals surface area contributed by atoms with Crippen LogP contribution in [-0.4, -0.2) is 35.9 Å². The van der Waals surface area contributed by atoms with Crippen molar-refractivity contribution >= 4 is 21.5 Å². The number of aliphatic hydroxyl groups is 1. The molecule has 1 aromatic heterocycles. The van der Waals surface area contributed by atoms with Crippen LogP contribution in [0.2, 0.25) is 0 Å². The zero-order valence-corrected chi connectivity index (χ0v) is 13.5. The minimum absolute atomic E-state index is 0.172. The van der Waals surface area contributed by atoms with Gasteiger partial charge in [-0.15, -0.1) is 0 Å². The minimum atomic E-state index is -3.22. The maximum atomic E-state index is 11.9. The fraction of sp³-hybridized carbons (Fsp3) is 0.375. The Labute approximate surface area is 135 Å². The second kappa shape index (κ2) is 6.64. The second-order valence-corrected chi connectivity index (χ2v) is 7.65. The van der Waals surface area contributed by atoms with Crippen molar-refractivity contribution in [2.45, 2.75) is 30.6 Å². The Bertz CT molecular complexity index is 789. The Morgan fingerprint density at radius 2 is 2.00 bits per heavy atom. The maximum Gasteiger partial charge on any atom is 0.227 e. The van der Waals surface area contributed by atoms with Crippen molar-refractivity contribution in [1.29, 1.82) is 0 Å². The first kappa shape index (κ1) is 15.9. The third-order valence-electron chi connectivity index (χ3n) is 3.82. The largest absolute Gasteiger partial charge is 0.396 e. The van der Waals surface area contributed by atoms with Gasteiger partial charge in [-0.25, -0.2) is 18.4 Å². The quantitative estimate of drug-likeness (QED) is 0.868. The fourth-order valence-electron chi connectivity index (χ4n) is 2.61. The molecule has 0 radical (unpaired) electrons. The van der Waals surface area contributed by atoms with E-state index in [1.807, 2.05) is 24.3 Å². The van der Waals surface area contributed by atoms with E-state index in [1.54, 1.807) is 0 Å². The summed E-state index contributed by atoms with van der Waals surface area (Å²) >= 11 is 0. The number of hydrogen-bond donors (Lipinski definition) is 2. The van der Waals surface area contributed by atoms with Crippen molar-refractivity contribution in [2.75, 3.05) is 17.7 Å². The van der Waals surface area contributed by atoms with Gasteiger partial charge >= 0.3 is 0 Å². The van der Waals surface area contributed by atoms with Gasteiger partial charge < -0.3 is 10.4 Å². The number of nitrogens with zero attached hydrogens (tertiary/aromatic N) is 2. The van der Waals surface area contributed by atoms with E-state index in [0.29, 0.717) is 24.5 Å². The maximum absolute atomic E-state index is 11.9. The molecular formula is C16H19N3O3S. The number of aryl methyl sites for hydroxylation is 2. The van der Waals surface area contributed by atoms with Crippen molar-refractivity contribution in [3.05, 3.63) is 41.7 Å². The van der Waals surface area contributed by atoms with Crippen LogP contribution in [0.5, 0.6) is 0 Å². The summed E-state index contributed by atoms with van der Waals surface area (Å²) in [7, 11) is -3.22. The molecule has 0 amide bonds. The summed E-state index contributed by atoms with van der Waals surface area (Å²) in [5.41, 5.74) is 2.59. The lowest BCUT2D eigenvalue weighted by Gasteiger charge is -2.15. The van der Waals surface area contributed by atoms with E-state index in [9.17, 15) is 8.42 Å². The standard InChI is InChI=1S/C16H19N3O3S/c20-9-1-3-12-5-7-13(8-6-12)18-16-17-11-15-14(19-16)4-2-10-23(15,21)22/h5-8,11,20H,1-4,9-10H2,(H,17,18,19). The molecule has 122 valence electrons. The molecule has 6 nitrogen and oxygen atoms in total. The minimum Gasteiger partial charge on any atom is -0.396 e. The lowest BCUT2D eigenvalue weighted by atomic mass is 10.1. The molecule has 0 atom stereocenters. The third-order valence-corrected chi connectivity index (χ3v) is 5.66. The molecule has 1 aromatic carbocycles. The van der Waals surface area contributed by atoms with Crippen molar-refractivity contribution in [3.63, 3.8) is 0 Å². The van der Waals surface area contributed by atoms with Crippen LogP contribution >= 0.6 is 0 Å². The Morgan fingerprint density at radius 3 is 2.74 bits per heavy atom. The summed E-state index contributed by atoms with van der Waals surface area (Å²) in [6.45, 7) is 0.186. The van der Waals surface area contributed by atoms with Crippen molar-refractivity contribution in [3.8, 4) is 0 Å². The molecule has 2 heterocycles. The first-order chi connectivity index (χ1) is 11.1. The molecule has 0 saturated heterocycles. The van der Waals surface area contributed by atoms with E-state index >= 15 is 0 Å². The van der Waals surface area contributed by atoms with Crippen LogP contribution in [0.1, 0.15) is 24.1 Å². The fourth-order valence-corrected chi connectivity index (χ4v) is 4.08. The van der Waals surface area contributed by atoms with Crippen molar-refractivity contribution in [1.82, 2.24) is 9.97 Å². The van der Waals surface area contributed by atoms with Crippen LogP contribution in [0.15, 0.2) is 35.4 Å². The summed E-state index contributed by atoms with van der Waals surface area (Å²) < 4.78 is 23.9. The summed E-state index contributed by atoms with van der Waals surface area (Å²) in [6.07, 6.45) is 4.24. The van der Waals surface area contributed by atoms with Gasteiger partial charge in [0.15, 0.2) is 9.84 Å². The molecule has 0 bridgehead atoms. The number of sulfone groups is 1. The van der Waals surface area contributed by atoms with Crippen LogP contribution in [-0.2, 0) is 22.7 Å². The molecule has 3 rings (SSSR count). The highest BCUT2D eigenvalue weighted by Gasteiger charge is 2.25. The monoisotopic (exact) mass is 333 g/mol. The topological polar surface area (TPSA) is 92.2 Å². The van der Waals surface area contributed by atoms with Crippen LogP contribution < -0.4 is 5.32 Å². The van der Waals surface area contributed by atoms with Crippen LogP contribution in [0.25, 0.3) is 0 Å². The van der Waals surface area contributed by atoms with E-state index in [4.69, 9.17) is 5.11 Å². The molecule has 0 fully saturated rings. The lowest BCUT2D eigenvalue weighted by molar-refractivity contribution is 0.288. The molecule has 0 unspecified atom stereocenters. The van der Waals surface area contributed by atoms with Gasteiger partial charge in [-0.2, -0.15) is 0 Å². The number of aliphatic hydroxyl groups excluding tert-OH is 1. The van der Waals surface area contributed by atoms with Crippen LogP contribution in [0.3, 0.4) is 0 Å². The number of hydrogen-bond acceptors (Lipinski definition) is 6. The molecule has 0 saturated carbocycles. The normalized spacial score (nSPS) is 15.9. The van der Waals surface area contributed by atoms with Gasteiger partial charge in [0.05, 0.1) is 17.6 Å². The highest BCUT2D eigenvalue weighted by Crippen LogP contribution is 2.24. The highest BCUT2D eigenvalue weighted by atomic mass is 32.2. The Morgan fingerprint density at radius 1 is 1.22 bits per heavy atom. The van der Waals surface area contributed by atoms with Crippen molar-refractivity contribution in [2.24, 2.45) is 0 Å². The first-order valence-corrected chi connectivity index (χ1v) is 9.29. The second-order valence-electron chi connectivity index (χ2n) is 5.58. The highest BCUT2D eigenvalue weighted by molar-refractivity contribution is 7.91. The summed E-state index contributed by atoms with van der Waals surface area (Å²) in [4.78, 5) is 8.72. The number of benzene rings is 1. The molecule has 0 spiro atoms. The van der Waals surface area contributed by atoms with Gasteiger partial charge in [-0.1, -0.05) is 12.1 Å². The Kier molecular flexibility index (Phi) is 4.58. The van der Waals surface area contributed by atoms with Gasteiger partial charge in [0.25, 0.3) is 0 Å². The summed E-state index contributed by atoms with van der Waals surface area (Å²) in [5, 5.41) is 11.9. The van der Waals surface area contributed by atoms with Crippen LogP contribution in [0.4, 0.5) is 11.6 Å². The molecule has 0 aliphatic carbocycles. The van der Waals surface area contributed by atoms with E-state index < -0.39 is 9.84 Å². The molecule has 2 aromatic rings. The van der Waals surface area contributed by atoms with Crippen molar-refractivity contribution < 1.29 is 13.5 Å². The molecule has 7 heteroatoms. The number of rotatable bonds is 5. The number of aromatic nitrogens is 2. The zero-order valence-electron chi connectivity index (χ0n) is 12.7. The molecule has 2 N–H and O–H groups in total. The SMILES string of the molecule is O=S1(=O)CCCc2nc(Nc3ccc(CCCO)cc3)ncc21. The van der Waals surface area contributed by atoms with Gasteiger partial charge in [0, 0.05) is 12.3 Å². The smallest absolute Gasteiger partial charge is 0.227 e. The first-order valence-electron chi connectivity index (χ1n) is 7.64. The molecular weight excluding hydrogens is 314 g/mol. The Balaban J connectivity index is 1.76. The molecule has 1 aliphatic heterocycles. The lowest BCUT2D eigenvalue weighted by Crippen LogP contribution is -2.18. The van der Waals surface area contributed by atoms with Gasteiger partial charge in [-0.3, -0.25) is 0 Å². The van der Waals surface area contributed by atoms with Gasteiger partial charge in [-0.05, 0) is 43.4 Å². The number of nitrogens with one attached hydrogen (secondary N) is 1. The van der Waals surface area contributed by atoms with E-state index in [0.717, 1.165) is 24.1 Å². The average molecular weight is 333 g/mol. The molecule has 1 aliphatic rings. The van der Waals surface area contributed by atoms with Crippen LogP contribution in [0, 0.1) is 0 Å². The Hall–Kier alpha value is -1.99. The summed E-state index contributed by atoms with van der Waals surface area (Å²) in [6, 6.07) is 7.82. The average Bonchev–Trinajstić information content (AvgIpc) is 2.54. The van der Waals surface area contributed by atoms with Gasteiger partial charge in [0.1, 0.15) is 4.90 Å². The third kappa shape index (κ3) is 3.68. The summed E-state index contributed by atoms with van der Waals surface area (Å²) in [5.74, 6) is 0.579. The van der Waals surface area contributed by atoms with Gasteiger partial charge in [0.2, 0.25) is 5.95 Å². The zero-order chi connectivity index (χ0) is 16.3. The predicted octanol–water partition coefficient (Wildman–Crippen LogP) is 1.87. The number of fused-ring (bicyclic) bond motifs is 1. The number of anilines is 2. The predicted molar refractivity (Wildman–Crippen MR) is 87.5 cm³/mol. The van der Waals surface area contributed by atoms with E-state index in [-0.39, 0.29) is 17.3 Å².